The average Bonchev–Trinajstić information content (AvgIpc) is 2.81. The molecule has 0 bridgehead atoms. The highest BCUT2D eigenvalue weighted by molar-refractivity contribution is 5.56. The molecule has 0 radical (unpaired) electrons. The van der Waals surface area contributed by atoms with Crippen molar-refractivity contribution >= 4 is 11.5 Å². The van der Waals surface area contributed by atoms with Gasteiger partial charge in [0.1, 0.15) is 5.76 Å². The van der Waals surface area contributed by atoms with E-state index in [1.165, 1.54) is 6.07 Å². The van der Waals surface area contributed by atoms with E-state index in [1.54, 1.807) is 31.4 Å². The van der Waals surface area contributed by atoms with Crippen LogP contribution < -0.4 is 5.32 Å². The summed E-state index contributed by atoms with van der Waals surface area (Å²) in [5.41, 5.74) is 0.675. The normalized spacial score (nSPS) is 12.1. The maximum Gasteiger partial charge on any atom is 0.311 e. The lowest BCUT2D eigenvalue weighted by molar-refractivity contribution is -0.384. The second-order valence-electron chi connectivity index (χ2n) is 3.96. The van der Waals surface area contributed by atoms with Crippen molar-refractivity contribution in [2.75, 3.05) is 5.32 Å². The fourth-order valence-corrected chi connectivity index (χ4v) is 1.62. The van der Waals surface area contributed by atoms with Crippen molar-refractivity contribution < 1.29 is 9.34 Å². The molecule has 6 heteroatoms. The van der Waals surface area contributed by atoms with Gasteiger partial charge in [-0.05, 0) is 32.0 Å². The van der Waals surface area contributed by atoms with Crippen molar-refractivity contribution in [3.05, 3.63) is 52.1 Å². The van der Waals surface area contributed by atoms with Crippen molar-refractivity contribution in [1.82, 2.24) is 4.98 Å². The van der Waals surface area contributed by atoms with Crippen LogP contribution in [0, 0.1) is 17.0 Å². The number of furan rings is 1. The molecule has 2 aromatic rings. The topological polar surface area (TPSA) is 81.2 Å². The van der Waals surface area contributed by atoms with Gasteiger partial charge in [0.2, 0.25) is 5.82 Å². The molecule has 0 saturated carbocycles. The van der Waals surface area contributed by atoms with Gasteiger partial charge in [-0.3, -0.25) is 10.1 Å². The molecule has 0 fully saturated rings. The summed E-state index contributed by atoms with van der Waals surface area (Å²) >= 11 is 0. The zero-order chi connectivity index (χ0) is 13.1. The summed E-state index contributed by atoms with van der Waals surface area (Å²) in [6.45, 7) is 3.64. The number of rotatable bonds is 4. The Labute approximate surface area is 104 Å². The van der Waals surface area contributed by atoms with Crippen molar-refractivity contribution in [2.45, 2.75) is 19.9 Å². The third-order valence-electron chi connectivity index (χ3n) is 2.53. The standard InChI is InChI=1S/C12H13N3O3/c1-8-5-6-10(15(16)17)12(13-8)14-9(2)11-4-3-7-18-11/h3-7,9H,1-2H3,(H,13,14). The Kier molecular flexibility index (Phi) is 3.27. The Morgan fingerprint density at radius 3 is 2.83 bits per heavy atom. The first-order valence-electron chi connectivity index (χ1n) is 5.50. The highest BCUT2D eigenvalue weighted by Gasteiger charge is 2.18. The predicted molar refractivity (Wildman–Crippen MR) is 66.4 cm³/mol. The first-order valence-corrected chi connectivity index (χ1v) is 5.50. The lowest BCUT2D eigenvalue weighted by Gasteiger charge is -2.12. The van der Waals surface area contributed by atoms with Crippen LogP contribution in [0.1, 0.15) is 24.4 Å². The number of hydrogen-bond acceptors (Lipinski definition) is 5. The van der Waals surface area contributed by atoms with Crippen LogP contribution in [0.25, 0.3) is 0 Å². The summed E-state index contributed by atoms with van der Waals surface area (Å²) in [5, 5.41) is 13.9. The third-order valence-corrected chi connectivity index (χ3v) is 2.53. The minimum Gasteiger partial charge on any atom is -0.467 e. The van der Waals surface area contributed by atoms with E-state index in [4.69, 9.17) is 4.42 Å². The van der Waals surface area contributed by atoms with Crippen LogP contribution in [-0.4, -0.2) is 9.91 Å². The number of nitrogens with zero attached hydrogens (tertiary/aromatic N) is 2. The summed E-state index contributed by atoms with van der Waals surface area (Å²) in [4.78, 5) is 14.6. The van der Waals surface area contributed by atoms with Crippen LogP contribution >= 0.6 is 0 Å². The molecule has 0 aliphatic carbocycles. The molecule has 0 amide bonds. The van der Waals surface area contributed by atoms with Gasteiger partial charge in [-0.25, -0.2) is 4.98 Å². The second kappa shape index (κ2) is 4.87. The molecule has 2 aromatic heterocycles. The number of nitrogens with one attached hydrogen (secondary N) is 1. The quantitative estimate of drug-likeness (QED) is 0.663. The minimum absolute atomic E-state index is 0.0426. The smallest absolute Gasteiger partial charge is 0.311 e. The van der Waals surface area contributed by atoms with Gasteiger partial charge in [0.05, 0.1) is 17.2 Å². The Morgan fingerprint density at radius 1 is 1.44 bits per heavy atom. The van der Waals surface area contributed by atoms with Gasteiger partial charge in [-0.2, -0.15) is 0 Å². The van der Waals surface area contributed by atoms with E-state index in [1.807, 2.05) is 6.92 Å². The number of anilines is 1. The maximum atomic E-state index is 10.9. The first-order chi connectivity index (χ1) is 8.58. The molecule has 1 unspecified atom stereocenters. The van der Waals surface area contributed by atoms with Gasteiger partial charge in [-0.1, -0.05) is 0 Å². The highest BCUT2D eigenvalue weighted by atomic mass is 16.6. The van der Waals surface area contributed by atoms with Crippen molar-refractivity contribution in [2.24, 2.45) is 0 Å². The number of aryl methyl sites for hydroxylation is 1. The van der Waals surface area contributed by atoms with Crippen LogP contribution in [0.5, 0.6) is 0 Å². The van der Waals surface area contributed by atoms with E-state index >= 15 is 0 Å². The fraction of sp³-hybridized carbons (Fsp3) is 0.250. The Bertz CT molecular complexity index is 552. The molecular weight excluding hydrogens is 234 g/mol. The number of nitro groups is 1. The molecule has 94 valence electrons. The van der Waals surface area contributed by atoms with E-state index in [9.17, 15) is 10.1 Å². The van der Waals surface area contributed by atoms with Gasteiger partial charge >= 0.3 is 5.69 Å². The summed E-state index contributed by atoms with van der Waals surface area (Å²) < 4.78 is 5.24. The van der Waals surface area contributed by atoms with Crippen LogP contribution in [0.4, 0.5) is 11.5 Å². The molecular formula is C12H13N3O3. The van der Waals surface area contributed by atoms with Crippen LogP contribution in [0.3, 0.4) is 0 Å². The Balaban J connectivity index is 2.28. The van der Waals surface area contributed by atoms with E-state index < -0.39 is 4.92 Å². The van der Waals surface area contributed by atoms with Crippen LogP contribution in [0.15, 0.2) is 34.9 Å². The average molecular weight is 247 g/mol. The number of pyridine rings is 1. The molecule has 18 heavy (non-hydrogen) atoms. The van der Waals surface area contributed by atoms with Crippen molar-refractivity contribution in [1.29, 1.82) is 0 Å². The lowest BCUT2D eigenvalue weighted by atomic mass is 10.2. The number of hydrogen-bond donors (Lipinski definition) is 1. The second-order valence-corrected chi connectivity index (χ2v) is 3.96. The minimum atomic E-state index is -0.455. The lowest BCUT2D eigenvalue weighted by Crippen LogP contribution is -2.09. The molecule has 0 spiro atoms. The third kappa shape index (κ3) is 2.48. The molecule has 2 rings (SSSR count). The van der Waals surface area contributed by atoms with Crippen molar-refractivity contribution in [3.8, 4) is 0 Å². The van der Waals surface area contributed by atoms with Crippen LogP contribution in [-0.2, 0) is 0 Å². The SMILES string of the molecule is Cc1ccc([N+](=O)[O-])c(NC(C)c2ccco2)n1. The Morgan fingerprint density at radius 2 is 2.22 bits per heavy atom. The summed E-state index contributed by atoms with van der Waals surface area (Å²) in [5.74, 6) is 0.955. The summed E-state index contributed by atoms with van der Waals surface area (Å²) in [6, 6.07) is 6.44. The van der Waals surface area contributed by atoms with E-state index in [0.717, 1.165) is 5.69 Å². The fourth-order valence-electron chi connectivity index (χ4n) is 1.62. The molecule has 6 nitrogen and oxygen atoms in total. The van der Waals surface area contributed by atoms with Crippen molar-refractivity contribution in [3.63, 3.8) is 0 Å². The van der Waals surface area contributed by atoms with Crippen LogP contribution in [0.2, 0.25) is 0 Å². The van der Waals surface area contributed by atoms with E-state index in [2.05, 4.69) is 10.3 Å². The first kappa shape index (κ1) is 12.1. The molecule has 1 atom stereocenters. The highest BCUT2D eigenvalue weighted by Crippen LogP contribution is 2.26. The summed E-state index contributed by atoms with van der Waals surface area (Å²) in [7, 11) is 0. The molecule has 0 aromatic carbocycles. The van der Waals surface area contributed by atoms with Gasteiger partial charge in [0.15, 0.2) is 0 Å². The zero-order valence-corrected chi connectivity index (χ0v) is 10.1. The van der Waals surface area contributed by atoms with Gasteiger partial charge < -0.3 is 9.73 Å². The monoisotopic (exact) mass is 247 g/mol. The molecule has 2 heterocycles. The maximum absolute atomic E-state index is 10.9. The molecule has 0 saturated heterocycles. The Hall–Kier alpha value is -2.37. The van der Waals surface area contributed by atoms with E-state index in [-0.39, 0.29) is 17.5 Å². The van der Waals surface area contributed by atoms with Gasteiger partial charge in [-0.15, -0.1) is 0 Å². The van der Waals surface area contributed by atoms with E-state index in [0.29, 0.717) is 5.76 Å². The van der Waals surface area contributed by atoms with Gasteiger partial charge in [0.25, 0.3) is 0 Å². The van der Waals surface area contributed by atoms with Gasteiger partial charge in [0, 0.05) is 11.8 Å². The summed E-state index contributed by atoms with van der Waals surface area (Å²) in [6.07, 6.45) is 1.56. The largest absolute Gasteiger partial charge is 0.467 e. The zero-order valence-electron chi connectivity index (χ0n) is 10.1. The molecule has 1 N–H and O–H groups in total. The number of aromatic nitrogens is 1. The predicted octanol–water partition coefficient (Wildman–Crippen LogP) is 3.06. The molecule has 0 aliphatic heterocycles. The molecule has 0 aliphatic rings.